The topological polar surface area (TPSA) is 67.5 Å². The molecule has 0 saturated carbocycles. The predicted octanol–water partition coefficient (Wildman–Crippen LogP) is -0.477. The SMILES string of the molecule is OP(O)On1ccnc1. The Bertz CT molecular complexity index is 164. The lowest BCUT2D eigenvalue weighted by molar-refractivity contribution is 0.227. The molecule has 1 aromatic heterocycles. The summed E-state index contributed by atoms with van der Waals surface area (Å²) in [5.74, 6) is 0. The maximum Gasteiger partial charge on any atom is 0.412 e. The summed E-state index contributed by atoms with van der Waals surface area (Å²) in [6.45, 7) is 0. The smallest absolute Gasteiger partial charge is 0.334 e. The Kier molecular flexibility index (Phi) is 2.00. The highest BCUT2D eigenvalue weighted by molar-refractivity contribution is 7.39. The van der Waals surface area contributed by atoms with Gasteiger partial charge in [-0.05, 0) is 0 Å². The van der Waals surface area contributed by atoms with E-state index >= 15 is 0 Å². The number of hydrogen-bond donors (Lipinski definition) is 2. The molecule has 9 heavy (non-hydrogen) atoms. The lowest BCUT2D eigenvalue weighted by Crippen LogP contribution is -2.01. The van der Waals surface area contributed by atoms with E-state index in [9.17, 15) is 0 Å². The van der Waals surface area contributed by atoms with E-state index in [1.54, 1.807) is 0 Å². The molecule has 0 unspecified atom stereocenters. The van der Waals surface area contributed by atoms with E-state index < -0.39 is 8.60 Å². The molecule has 0 aliphatic rings. The Hall–Kier alpha value is -0.640. The van der Waals surface area contributed by atoms with Crippen molar-refractivity contribution in [2.24, 2.45) is 0 Å². The first-order chi connectivity index (χ1) is 4.29. The van der Waals surface area contributed by atoms with Crippen LogP contribution in [0.1, 0.15) is 0 Å². The van der Waals surface area contributed by atoms with Crippen LogP contribution in [0.4, 0.5) is 0 Å². The standard InChI is InChI=1S/C3H5N2O3P/c6-9(7)8-5-2-1-4-3-5/h1-3,6-7H. The van der Waals surface area contributed by atoms with Gasteiger partial charge >= 0.3 is 8.60 Å². The van der Waals surface area contributed by atoms with Crippen molar-refractivity contribution in [2.75, 3.05) is 0 Å². The molecule has 0 spiro atoms. The van der Waals surface area contributed by atoms with E-state index in [1.807, 2.05) is 0 Å². The van der Waals surface area contributed by atoms with Crippen LogP contribution in [0.25, 0.3) is 0 Å². The third-order valence-corrected chi connectivity index (χ3v) is 0.982. The number of nitrogens with zero attached hydrogens (tertiary/aromatic N) is 2. The van der Waals surface area contributed by atoms with Crippen LogP contribution in [0, 0.1) is 0 Å². The van der Waals surface area contributed by atoms with Gasteiger partial charge < -0.3 is 14.4 Å². The van der Waals surface area contributed by atoms with Crippen LogP contribution in [0.5, 0.6) is 0 Å². The summed E-state index contributed by atoms with van der Waals surface area (Å²) < 4.78 is 5.50. The van der Waals surface area contributed by atoms with Crippen molar-refractivity contribution < 1.29 is 14.4 Å². The average molecular weight is 148 g/mol. The highest BCUT2D eigenvalue weighted by Gasteiger charge is 1.98. The molecular weight excluding hydrogens is 143 g/mol. The third-order valence-electron chi connectivity index (χ3n) is 0.647. The zero-order valence-electron chi connectivity index (χ0n) is 4.38. The highest BCUT2D eigenvalue weighted by Crippen LogP contribution is 2.18. The van der Waals surface area contributed by atoms with Crippen LogP contribution in [0.2, 0.25) is 0 Å². The summed E-state index contributed by atoms with van der Waals surface area (Å²) in [7, 11) is -2.33. The van der Waals surface area contributed by atoms with Crippen LogP contribution < -0.4 is 4.62 Å². The van der Waals surface area contributed by atoms with Gasteiger partial charge in [-0.3, -0.25) is 0 Å². The molecule has 6 heteroatoms. The Morgan fingerprint density at radius 1 is 1.56 bits per heavy atom. The zero-order chi connectivity index (χ0) is 6.69. The second-order valence-electron chi connectivity index (χ2n) is 1.26. The van der Waals surface area contributed by atoms with Crippen LogP contribution in [0.3, 0.4) is 0 Å². The molecule has 0 fully saturated rings. The fourth-order valence-corrected chi connectivity index (χ4v) is 0.645. The Morgan fingerprint density at radius 2 is 2.33 bits per heavy atom. The van der Waals surface area contributed by atoms with Crippen LogP contribution in [0.15, 0.2) is 18.7 Å². The summed E-state index contributed by atoms with van der Waals surface area (Å²) in [5.41, 5.74) is 0. The number of hydrogen-bond acceptors (Lipinski definition) is 4. The number of rotatable bonds is 2. The van der Waals surface area contributed by atoms with Gasteiger partial charge in [-0.25, -0.2) is 4.98 Å². The Morgan fingerprint density at radius 3 is 2.78 bits per heavy atom. The van der Waals surface area contributed by atoms with E-state index in [0.29, 0.717) is 0 Å². The summed E-state index contributed by atoms with van der Waals surface area (Å²) in [6.07, 6.45) is 4.25. The first-order valence-corrected chi connectivity index (χ1v) is 3.30. The van der Waals surface area contributed by atoms with Gasteiger partial charge in [0.15, 0.2) is 0 Å². The molecule has 50 valence electrons. The summed E-state index contributed by atoms with van der Waals surface area (Å²) in [6, 6.07) is 0. The first kappa shape index (κ1) is 6.48. The van der Waals surface area contributed by atoms with Crippen LogP contribution >= 0.6 is 8.60 Å². The van der Waals surface area contributed by atoms with Crippen molar-refractivity contribution in [3.8, 4) is 0 Å². The zero-order valence-corrected chi connectivity index (χ0v) is 5.27. The molecule has 0 aliphatic carbocycles. The molecule has 1 rings (SSSR count). The van der Waals surface area contributed by atoms with Gasteiger partial charge in [0, 0.05) is 6.20 Å². The predicted molar refractivity (Wildman–Crippen MR) is 30.2 cm³/mol. The summed E-state index contributed by atoms with van der Waals surface area (Å²) in [4.78, 5) is 20.1. The largest absolute Gasteiger partial charge is 0.412 e. The minimum atomic E-state index is -2.33. The lowest BCUT2D eigenvalue weighted by atomic mass is 11.0. The van der Waals surface area contributed by atoms with Crippen LogP contribution in [-0.4, -0.2) is 19.5 Å². The molecule has 0 aromatic carbocycles. The molecule has 1 heterocycles. The quantitative estimate of drug-likeness (QED) is 0.556. The summed E-state index contributed by atoms with van der Waals surface area (Å²) >= 11 is 0. The minimum Gasteiger partial charge on any atom is -0.334 e. The van der Waals surface area contributed by atoms with Crippen molar-refractivity contribution in [3.63, 3.8) is 0 Å². The molecule has 0 radical (unpaired) electrons. The van der Waals surface area contributed by atoms with E-state index in [4.69, 9.17) is 9.79 Å². The van der Waals surface area contributed by atoms with E-state index in [-0.39, 0.29) is 0 Å². The molecule has 0 atom stereocenters. The van der Waals surface area contributed by atoms with Gasteiger partial charge in [-0.2, -0.15) is 4.73 Å². The summed E-state index contributed by atoms with van der Waals surface area (Å²) in [5, 5.41) is 0. The minimum absolute atomic E-state index is 1.12. The van der Waals surface area contributed by atoms with Crippen molar-refractivity contribution in [3.05, 3.63) is 18.7 Å². The Labute approximate surface area is 52.5 Å². The average Bonchev–Trinajstić information content (AvgIpc) is 2.15. The Balaban J connectivity index is 2.48. The van der Waals surface area contributed by atoms with Crippen LogP contribution in [-0.2, 0) is 0 Å². The fourth-order valence-electron chi connectivity index (χ4n) is 0.380. The van der Waals surface area contributed by atoms with E-state index in [1.165, 1.54) is 18.7 Å². The highest BCUT2D eigenvalue weighted by atomic mass is 31.2. The fraction of sp³-hybridized carbons (Fsp3) is 0. The normalized spacial score (nSPS) is 10.1. The second kappa shape index (κ2) is 2.77. The maximum absolute atomic E-state index is 8.27. The number of aromatic nitrogens is 2. The molecular formula is C3H5N2O3P. The van der Waals surface area contributed by atoms with Gasteiger partial charge in [0.2, 0.25) is 0 Å². The molecule has 2 N–H and O–H groups in total. The maximum atomic E-state index is 8.27. The van der Waals surface area contributed by atoms with Crippen molar-refractivity contribution >= 4 is 8.60 Å². The van der Waals surface area contributed by atoms with E-state index in [0.717, 1.165) is 4.73 Å². The van der Waals surface area contributed by atoms with Gasteiger partial charge in [0.05, 0.1) is 6.20 Å². The van der Waals surface area contributed by atoms with Crippen molar-refractivity contribution in [1.82, 2.24) is 9.71 Å². The molecule has 0 saturated heterocycles. The lowest BCUT2D eigenvalue weighted by Gasteiger charge is -2.02. The molecule has 0 aliphatic heterocycles. The van der Waals surface area contributed by atoms with Crippen molar-refractivity contribution in [1.29, 1.82) is 0 Å². The van der Waals surface area contributed by atoms with Gasteiger partial charge in [0.1, 0.15) is 6.33 Å². The van der Waals surface area contributed by atoms with Gasteiger partial charge in [-0.1, -0.05) is 0 Å². The van der Waals surface area contributed by atoms with Gasteiger partial charge in [-0.15, -0.1) is 0 Å². The van der Waals surface area contributed by atoms with E-state index in [2.05, 4.69) is 9.61 Å². The second-order valence-corrected chi connectivity index (χ2v) is 1.93. The monoisotopic (exact) mass is 148 g/mol. The molecule has 1 aromatic rings. The molecule has 0 bridgehead atoms. The molecule has 0 amide bonds. The van der Waals surface area contributed by atoms with Gasteiger partial charge in [0.25, 0.3) is 0 Å². The molecule has 5 nitrogen and oxygen atoms in total. The van der Waals surface area contributed by atoms with Crippen molar-refractivity contribution in [2.45, 2.75) is 0 Å². The first-order valence-electron chi connectivity index (χ1n) is 2.13. The third kappa shape index (κ3) is 1.97. The number of imidazole rings is 1.